The topological polar surface area (TPSA) is 48.6 Å². The SMILES string of the molecule is CC(CCCCCCCCCCC1CC(C)(C)N(C)C(C)(C)C1)n1c(O)ccc1O. The summed E-state index contributed by atoms with van der Waals surface area (Å²) in [5.41, 5.74) is 0.644. The second-order valence-electron chi connectivity index (χ2n) is 11.1. The van der Waals surface area contributed by atoms with Crippen molar-refractivity contribution >= 4 is 0 Å². The maximum Gasteiger partial charge on any atom is 0.194 e. The Morgan fingerprint density at radius 3 is 1.77 bits per heavy atom. The molecule has 1 aliphatic rings. The second kappa shape index (κ2) is 10.9. The van der Waals surface area contributed by atoms with Gasteiger partial charge in [0.1, 0.15) is 0 Å². The third-order valence-corrected chi connectivity index (χ3v) is 7.69. The van der Waals surface area contributed by atoms with Crippen LogP contribution in [0, 0.1) is 5.92 Å². The molecule has 0 spiro atoms. The Bertz CT molecular complexity index is 597. The fraction of sp³-hybridized carbons (Fsp3) is 0.846. The molecule has 1 atom stereocenters. The van der Waals surface area contributed by atoms with Gasteiger partial charge in [-0.05, 0) is 66.8 Å². The van der Waals surface area contributed by atoms with Gasteiger partial charge in [-0.1, -0.05) is 57.8 Å². The standard InChI is InChI=1S/C26H48N2O2/c1-21(28-23(29)17-18-24(28)30)15-13-11-9-7-8-10-12-14-16-22-19-25(2,3)27(6)26(4,5)20-22/h17-18,21-22,29-30H,7-16,19-20H2,1-6H3. The summed E-state index contributed by atoms with van der Waals surface area (Å²) in [7, 11) is 2.30. The quantitative estimate of drug-likeness (QED) is 0.350. The number of likely N-dealkylation sites (tertiary alicyclic amines) is 1. The van der Waals surface area contributed by atoms with E-state index in [1.807, 2.05) is 0 Å². The molecular formula is C26H48N2O2. The molecule has 174 valence electrons. The summed E-state index contributed by atoms with van der Waals surface area (Å²) in [5, 5.41) is 19.6. The van der Waals surface area contributed by atoms with Gasteiger partial charge in [0.25, 0.3) is 0 Å². The molecule has 1 saturated heterocycles. The summed E-state index contributed by atoms with van der Waals surface area (Å²) in [6.45, 7) is 11.7. The molecule has 30 heavy (non-hydrogen) atoms. The Kier molecular flexibility index (Phi) is 9.14. The second-order valence-corrected chi connectivity index (χ2v) is 11.1. The van der Waals surface area contributed by atoms with Crippen LogP contribution < -0.4 is 0 Å². The van der Waals surface area contributed by atoms with Gasteiger partial charge in [0.2, 0.25) is 0 Å². The molecular weight excluding hydrogens is 372 g/mol. The fourth-order valence-corrected chi connectivity index (χ4v) is 5.72. The van der Waals surface area contributed by atoms with Crippen molar-refractivity contribution in [1.82, 2.24) is 9.47 Å². The minimum atomic E-state index is 0.148. The van der Waals surface area contributed by atoms with E-state index >= 15 is 0 Å². The predicted molar refractivity (Wildman–Crippen MR) is 127 cm³/mol. The van der Waals surface area contributed by atoms with Crippen molar-refractivity contribution in [2.24, 2.45) is 5.92 Å². The van der Waals surface area contributed by atoms with Crippen molar-refractivity contribution in [3.05, 3.63) is 12.1 Å². The largest absolute Gasteiger partial charge is 0.494 e. The third-order valence-electron chi connectivity index (χ3n) is 7.69. The number of hydrogen-bond acceptors (Lipinski definition) is 3. The van der Waals surface area contributed by atoms with Crippen molar-refractivity contribution in [3.63, 3.8) is 0 Å². The zero-order valence-electron chi connectivity index (χ0n) is 20.6. The normalized spacial score (nSPS) is 20.5. The van der Waals surface area contributed by atoms with E-state index < -0.39 is 0 Å². The van der Waals surface area contributed by atoms with Gasteiger partial charge in [-0.3, -0.25) is 9.47 Å². The van der Waals surface area contributed by atoms with Gasteiger partial charge in [-0.15, -0.1) is 0 Å². The van der Waals surface area contributed by atoms with Crippen LogP contribution in [-0.4, -0.2) is 37.8 Å². The van der Waals surface area contributed by atoms with E-state index in [1.165, 1.54) is 64.2 Å². The molecule has 0 radical (unpaired) electrons. The number of unbranched alkanes of at least 4 members (excludes halogenated alkanes) is 7. The highest BCUT2D eigenvalue weighted by molar-refractivity contribution is 5.24. The zero-order chi connectivity index (χ0) is 22.4. The molecule has 0 amide bonds. The first-order valence-corrected chi connectivity index (χ1v) is 12.4. The van der Waals surface area contributed by atoms with Crippen LogP contribution in [0.5, 0.6) is 11.8 Å². The van der Waals surface area contributed by atoms with Crippen molar-refractivity contribution in [2.45, 2.75) is 129 Å². The summed E-state index contributed by atoms with van der Waals surface area (Å²) in [5.74, 6) is 1.20. The lowest BCUT2D eigenvalue weighted by molar-refractivity contribution is -0.0321. The third kappa shape index (κ3) is 6.93. The van der Waals surface area contributed by atoms with E-state index in [1.54, 1.807) is 16.7 Å². The average Bonchev–Trinajstić information content (AvgIpc) is 2.99. The van der Waals surface area contributed by atoms with E-state index in [-0.39, 0.29) is 17.8 Å². The smallest absolute Gasteiger partial charge is 0.194 e. The molecule has 2 rings (SSSR count). The maximum atomic E-state index is 9.79. The van der Waals surface area contributed by atoms with Crippen LogP contribution in [0.3, 0.4) is 0 Å². The highest BCUT2D eigenvalue weighted by Gasteiger charge is 2.42. The Hall–Kier alpha value is -1.16. The number of rotatable bonds is 12. The van der Waals surface area contributed by atoms with Gasteiger partial charge in [0, 0.05) is 29.3 Å². The summed E-state index contributed by atoms with van der Waals surface area (Å²) in [4.78, 5) is 2.58. The predicted octanol–water partition coefficient (Wildman–Crippen LogP) is 7.26. The number of nitrogens with zero attached hydrogens (tertiary/aromatic N) is 2. The van der Waals surface area contributed by atoms with E-state index in [2.05, 4.69) is 46.6 Å². The Labute approximate surface area is 185 Å². The number of aromatic nitrogens is 1. The molecule has 1 unspecified atom stereocenters. The summed E-state index contributed by atoms with van der Waals surface area (Å²) < 4.78 is 1.62. The molecule has 0 aromatic carbocycles. The van der Waals surface area contributed by atoms with Crippen molar-refractivity contribution in [2.75, 3.05) is 7.05 Å². The van der Waals surface area contributed by atoms with E-state index in [4.69, 9.17) is 0 Å². The average molecular weight is 421 g/mol. The van der Waals surface area contributed by atoms with Gasteiger partial charge in [0.15, 0.2) is 11.8 Å². The number of piperidine rings is 1. The van der Waals surface area contributed by atoms with Crippen LogP contribution in [0.15, 0.2) is 12.1 Å². The van der Waals surface area contributed by atoms with Gasteiger partial charge in [-0.25, -0.2) is 0 Å². The highest BCUT2D eigenvalue weighted by atomic mass is 16.3. The molecule has 0 saturated carbocycles. The van der Waals surface area contributed by atoms with E-state index in [0.29, 0.717) is 11.1 Å². The fourth-order valence-electron chi connectivity index (χ4n) is 5.72. The maximum absolute atomic E-state index is 9.79. The lowest BCUT2D eigenvalue weighted by atomic mass is 9.72. The molecule has 1 fully saturated rings. The first-order valence-electron chi connectivity index (χ1n) is 12.4. The lowest BCUT2D eigenvalue weighted by Gasteiger charge is -2.54. The molecule has 2 N–H and O–H groups in total. The van der Waals surface area contributed by atoms with Crippen molar-refractivity contribution < 1.29 is 10.2 Å². The van der Waals surface area contributed by atoms with Gasteiger partial charge < -0.3 is 10.2 Å². The molecule has 0 aliphatic carbocycles. The molecule has 4 nitrogen and oxygen atoms in total. The van der Waals surface area contributed by atoms with Crippen LogP contribution in [0.4, 0.5) is 0 Å². The Morgan fingerprint density at radius 2 is 1.27 bits per heavy atom. The molecule has 4 heteroatoms. The summed E-state index contributed by atoms with van der Waals surface area (Å²) >= 11 is 0. The molecule has 1 aromatic heterocycles. The first-order chi connectivity index (χ1) is 14.0. The van der Waals surface area contributed by atoms with Crippen LogP contribution in [0.1, 0.15) is 118 Å². The van der Waals surface area contributed by atoms with Crippen LogP contribution in [-0.2, 0) is 0 Å². The van der Waals surface area contributed by atoms with Crippen molar-refractivity contribution in [1.29, 1.82) is 0 Å². The van der Waals surface area contributed by atoms with E-state index in [0.717, 1.165) is 18.8 Å². The van der Waals surface area contributed by atoms with Gasteiger partial charge >= 0.3 is 0 Å². The van der Waals surface area contributed by atoms with E-state index in [9.17, 15) is 10.2 Å². The van der Waals surface area contributed by atoms with Crippen LogP contribution in [0.2, 0.25) is 0 Å². The number of hydrogen-bond donors (Lipinski definition) is 2. The molecule has 1 aliphatic heterocycles. The lowest BCUT2D eigenvalue weighted by Crippen LogP contribution is -2.58. The minimum absolute atomic E-state index is 0.148. The Morgan fingerprint density at radius 1 is 0.833 bits per heavy atom. The first kappa shape index (κ1) is 25.1. The van der Waals surface area contributed by atoms with Gasteiger partial charge in [0.05, 0.1) is 0 Å². The summed E-state index contributed by atoms with van der Waals surface area (Å²) in [6, 6.07) is 3.26. The number of aromatic hydroxyl groups is 2. The Balaban J connectivity index is 1.49. The van der Waals surface area contributed by atoms with Gasteiger partial charge in [-0.2, -0.15) is 0 Å². The minimum Gasteiger partial charge on any atom is -0.494 e. The van der Waals surface area contributed by atoms with Crippen molar-refractivity contribution in [3.8, 4) is 11.8 Å². The van der Waals surface area contributed by atoms with Crippen LogP contribution in [0.25, 0.3) is 0 Å². The molecule has 2 heterocycles. The van der Waals surface area contributed by atoms with Crippen LogP contribution >= 0.6 is 0 Å². The highest BCUT2D eigenvalue weighted by Crippen LogP contribution is 2.41. The zero-order valence-corrected chi connectivity index (χ0v) is 20.6. The molecule has 0 bridgehead atoms. The molecule has 1 aromatic rings. The summed E-state index contributed by atoms with van der Waals surface area (Å²) in [6.07, 6.45) is 15.6. The monoisotopic (exact) mass is 420 g/mol.